The van der Waals surface area contributed by atoms with E-state index in [4.69, 9.17) is 23.7 Å². The van der Waals surface area contributed by atoms with Gasteiger partial charge in [-0.15, -0.1) is 0 Å². The molecule has 5 aliphatic rings. The molecule has 12 heteroatoms. The highest BCUT2D eigenvalue weighted by Crippen LogP contribution is 2.70. The summed E-state index contributed by atoms with van der Waals surface area (Å²) >= 11 is 0. The van der Waals surface area contributed by atoms with E-state index in [1.165, 1.54) is 20.3 Å². The van der Waals surface area contributed by atoms with Gasteiger partial charge < -0.3 is 38.6 Å². The number of aliphatic hydroxyl groups is 1. The lowest BCUT2D eigenvalue weighted by Gasteiger charge is -2.52. The second-order valence-electron chi connectivity index (χ2n) is 12.6. The summed E-state index contributed by atoms with van der Waals surface area (Å²) in [5, 5.41) is 12.9. The zero-order chi connectivity index (χ0) is 32.6. The fourth-order valence-corrected chi connectivity index (χ4v) is 8.84. The van der Waals surface area contributed by atoms with E-state index in [0.29, 0.717) is 61.5 Å². The number of ketones is 2. The second kappa shape index (κ2) is 10.4. The lowest BCUT2D eigenvalue weighted by Crippen LogP contribution is -2.75. The Balaban J connectivity index is 1.55. The molecule has 12 nitrogen and oxygen atoms in total. The van der Waals surface area contributed by atoms with Crippen LogP contribution in [0.1, 0.15) is 66.7 Å². The minimum atomic E-state index is -2.95. The maximum Gasteiger partial charge on any atom is 0.351 e. The Morgan fingerprint density at radius 2 is 1.46 bits per heavy atom. The molecule has 0 amide bonds. The van der Waals surface area contributed by atoms with Gasteiger partial charge in [0.2, 0.25) is 11.6 Å². The molecule has 5 aliphatic heterocycles. The molecule has 0 aromatic heterocycles. The lowest BCUT2D eigenvalue weighted by molar-refractivity contribution is -0.212. The van der Waals surface area contributed by atoms with E-state index < -0.39 is 51.9 Å². The molecule has 5 heterocycles. The molecule has 3 fully saturated rings. The first-order chi connectivity index (χ1) is 22.1. The number of hydrogen-bond donors (Lipinski definition) is 1. The zero-order valence-corrected chi connectivity index (χ0v) is 26.4. The van der Waals surface area contributed by atoms with Gasteiger partial charge in [0, 0.05) is 35.8 Å². The van der Waals surface area contributed by atoms with Crippen molar-refractivity contribution in [1.82, 2.24) is 0 Å². The standard InChI is InChI=1S/C34H38N2O10/c1-5-16-44-29(39)32(41)27(37)22-18-20(42-3)9-11-25(22)36-15-12-26-31-13-7-14-35(31)24-10-8-21(43-4)19-23(24)28(38)33(31,46-34(26,32)36)30(40)45-17-6-2/h8-11,18-19,26,41H,5-7,12-17H2,1-4H3/t26?,31-,32+,33+,34-/m0/s1. The molecule has 2 aromatic rings. The van der Waals surface area contributed by atoms with Crippen molar-refractivity contribution in [3.05, 3.63) is 47.5 Å². The predicted molar refractivity (Wildman–Crippen MR) is 163 cm³/mol. The van der Waals surface area contributed by atoms with Crippen LogP contribution in [0.5, 0.6) is 11.5 Å². The Hall–Kier alpha value is -4.16. The van der Waals surface area contributed by atoms with E-state index in [1.807, 2.05) is 11.8 Å². The van der Waals surface area contributed by atoms with Crippen molar-refractivity contribution in [2.75, 3.05) is 50.3 Å². The van der Waals surface area contributed by atoms with Gasteiger partial charge in [-0.3, -0.25) is 9.59 Å². The molecule has 0 radical (unpaired) electrons. The van der Waals surface area contributed by atoms with E-state index in [0.717, 1.165) is 0 Å². The molecule has 2 spiro atoms. The minimum Gasteiger partial charge on any atom is -0.497 e. The number of carbonyl (C=O) groups is 4. The van der Waals surface area contributed by atoms with Crippen LogP contribution in [0.25, 0.3) is 0 Å². The largest absolute Gasteiger partial charge is 0.497 e. The van der Waals surface area contributed by atoms with E-state index in [1.54, 1.807) is 42.2 Å². The Morgan fingerprint density at radius 1 is 0.870 bits per heavy atom. The van der Waals surface area contributed by atoms with Gasteiger partial charge in [-0.25, -0.2) is 9.59 Å². The first kappa shape index (κ1) is 30.5. The van der Waals surface area contributed by atoms with Gasteiger partial charge in [0.15, 0.2) is 5.72 Å². The minimum absolute atomic E-state index is 0.0179. The molecule has 1 unspecified atom stereocenters. The molecule has 1 N–H and O–H groups in total. The number of Topliss-reactive ketones (excluding diaryl/α,β-unsaturated/α-hetero) is 2. The molecule has 2 aromatic carbocycles. The highest BCUT2D eigenvalue weighted by molar-refractivity contribution is 6.24. The van der Waals surface area contributed by atoms with Crippen LogP contribution in [0.4, 0.5) is 11.4 Å². The summed E-state index contributed by atoms with van der Waals surface area (Å²) in [4.78, 5) is 62.2. The van der Waals surface area contributed by atoms with Crippen LogP contribution in [-0.2, 0) is 23.8 Å². The third-order valence-electron chi connectivity index (χ3n) is 10.5. The Labute approximate surface area is 266 Å². The van der Waals surface area contributed by atoms with Crippen molar-refractivity contribution in [3.8, 4) is 11.5 Å². The maximum absolute atomic E-state index is 15.1. The number of fused-ring (bicyclic) bond motifs is 4. The van der Waals surface area contributed by atoms with Crippen molar-refractivity contribution in [1.29, 1.82) is 0 Å². The highest BCUT2D eigenvalue weighted by atomic mass is 16.6. The summed E-state index contributed by atoms with van der Waals surface area (Å²) in [7, 11) is 2.93. The summed E-state index contributed by atoms with van der Waals surface area (Å²) in [6.45, 7) is 4.31. The van der Waals surface area contributed by atoms with Gasteiger partial charge in [-0.1, -0.05) is 13.8 Å². The van der Waals surface area contributed by atoms with Crippen molar-refractivity contribution < 1.29 is 48.0 Å². The monoisotopic (exact) mass is 634 g/mol. The average molecular weight is 635 g/mol. The fraction of sp³-hybridized carbons (Fsp3) is 0.529. The first-order valence-corrected chi connectivity index (χ1v) is 15.9. The maximum atomic E-state index is 15.1. The van der Waals surface area contributed by atoms with Crippen molar-refractivity contribution in [3.63, 3.8) is 0 Å². The van der Waals surface area contributed by atoms with Gasteiger partial charge in [0.1, 0.15) is 11.5 Å². The SMILES string of the molecule is CCCOC(=O)[C@]1(O)C(=O)c2cc(OC)ccc2N2CCC3[C@@]21O[C@@]1(C(=O)OCCC)C(=O)c2cc(OC)ccc2N2CCC[C@@]321. The Bertz CT molecular complexity index is 1660. The summed E-state index contributed by atoms with van der Waals surface area (Å²) in [5.74, 6) is -3.85. The van der Waals surface area contributed by atoms with Crippen LogP contribution >= 0.6 is 0 Å². The number of rotatable bonds is 8. The summed E-state index contributed by atoms with van der Waals surface area (Å²) in [6, 6.07) is 9.92. The third kappa shape index (κ3) is 3.36. The molecular weight excluding hydrogens is 596 g/mol. The number of anilines is 2. The molecule has 0 bridgehead atoms. The third-order valence-corrected chi connectivity index (χ3v) is 10.5. The quantitative estimate of drug-likeness (QED) is 0.337. The molecule has 0 saturated carbocycles. The topological polar surface area (TPSA) is 141 Å². The van der Waals surface area contributed by atoms with Gasteiger partial charge in [0.05, 0.1) is 38.7 Å². The van der Waals surface area contributed by atoms with Crippen LogP contribution in [0.2, 0.25) is 0 Å². The number of methoxy groups -OCH3 is 2. The van der Waals surface area contributed by atoms with Crippen molar-refractivity contribution >= 4 is 34.9 Å². The van der Waals surface area contributed by atoms with Gasteiger partial charge in [0.25, 0.3) is 11.2 Å². The molecule has 3 saturated heterocycles. The molecule has 244 valence electrons. The molecule has 46 heavy (non-hydrogen) atoms. The normalized spacial score (nSPS) is 31.7. The summed E-state index contributed by atoms with van der Waals surface area (Å²) in [5.41, 5.74) is -7.65. The van der Waals surface area contributed by atoms with E-state index in [2.05, 4.69) is 0 Å². The van der Waals surface area contributed by atoms with Gasteiger partial charge in [-0.2, -0.15) is 0 Å². The number of carbonyl (C=O) groups excluding carboxylic acids is 4. The number of benzene rings is 2. The van der Waals surface area contributed by atoms with Crippen LogP contribution in [0.3, 0.4) is 0 Å². The molecule has 5 atom stereocenters. The van der Waals surface area contributed by atoms with Crippen LogP contribution in [0, 0.1) is 5.92 Å². The Morgan fingerprint density at radius 3 is 2.07 bits per heavy atom. The smallest absolute Gasteiger partial charge is 0.351 e. The van der Waals surface area contributed by atoms with Gasteiger partial charge >= 0.3 is 11.9 Å². The Kier molecular flexibility index (Phi) is 6.91. The van der Waals surface area contributed by atoms with Crippen molar-refractivity contribution in [2.24, 2.45) is 5.92 Å². The van der Waals surface area contributed by atoms with Gasteiger partial charge in [-0.05, 0) is 68.5 Å². The lowest BCUT2D eigenvalue weighted by atomic mass is 9.61. The van der Waals surface area contributed by atoms with Crippen molar-refractivity contribution in [2.45, 2.75) is 68.4 Å². The molecular formula is C34H38N2O10. The number of nitrogens with zero attached hydrogens (tertiary/aromatic N) is 2. The van der Waals surface area contributed by atoms with E-state index in [-0.39, 0.29) is 30.9 Å². The van der Waals surface area contributed by atoms with E-state index in [9.17, 15) is 19.5 Å². The highest BCUT2D eigenvalue weighted by Gasteiger charge is 2.90. The fourth-order valence-electron chi connectivity index (χ4n) is 8.84. The van der Waals surface area contributed by atoms with Crippen LogP contribution in [0.15, 0.2) is 36.4 Å². The van der Waals surface area contributed by atoms with Crippen LogP contribution in [-0.4, -0.2) is 91.6 Å². The second-order valence-corrected chi connectivity index (χ2v) is 12.6. The zero-order valence-electron chi connectivity index (χ0n) is 26.4. The van der Waals surface area contributed by atoms with E-state index >= 15 is 4.79 Å². The first-order valence-electron chi connectivity index (χ1n) is 15.9. The summed E-state index contributed by atoms with van der Waals surface area (Å²) in [6.07, 6.45) is 2.11. The molecule has 0 aliphatic carbocycles. The van der Waals surface area contributed by atoms with Crippen LogP contribution < -0.4 is 19.3 Å². The predicted octanol–water partition coefficient (Wildman–Crippen LogP) is 3.06. The number of ether oxygens (including phenoxy) is 5. The average Bonchev–Trinajstić information content (AvgIpc) is 3.76. The number of esters is 2. The number of hydrogen-bond acceptors (Lipinski definition) is 12. The molecule has 7 rings (SSSR count). The summed E-state index contributed by atoms with van der Waals surface area (Å²) < 4.78 is 29.2.